The maximum atomic E-state index is 13.5. The Morgan fingerprint density at radius 1 is 1.22 bits per heavy atom. The van der Waals surface area contributed by atoms with Gasteiger partial charge in [-0.05, 0) is 25.0 Å². The average Bonchev–Trinajstić information content (AvgIpc) is 2.24. The molecule has 0 bridgehead atoms. The van der Waals surface area contributed by atoms with Crippen molar-refractivity contribution in [2.24, 2.45) is 5.92 Å². The summed E-state index contributed by atoms with van der Waals surface area (Å²) in [4.78, 5) is 11.0. The topological polar surface area (TPSA) is 49.3 Å². The largest absolute Gasteiger partial charge is 0.480 e. The molecule has 2 unspecified atom stereocenters. The quantitative estimate of drug-likeness (QED) is 0.852. The third kappa shape index (κ3) is 3.26. The van der Waals surface area contributed by atoms with Gasteiger partial charge in [-0.1, -0.05) is 19.9 Å². The van der Waals surface area contributed by atoms with E-state index in [-0.39, 0.29) is 11.5 Å². The maximum Gasteiger partial charge on any atom is 0.320 e. The summed E-state index contributed by atoms with van der Waals surface area (Å²) < 4.78 is 27.1. The predicted molar refractivity (Wildman–Crippen MR) is 64.2 cm³/mol. The lowest BCUT2D eigenvalue weighted by Gasteiger charge is -2.23. The molecule has 0 saturated heterocycles. The van der Waals surface area contributed by atoms with Crippen LogP contribution in [0.5, 0.6) is 0 Å². The van der Waals surface area contributed by atoms with Gasteiger partial charge in [0.2, 0.25) is 0 Å². The fourth-order valence-electron chi connectivity index (χ4n) is 1.83. The Hall–Kier alpha value is -1.49. The first kappa shape index (κ1) is 14.6. The van der Waals surface area contributed by atoms with Crippen molar-refractivity contribution in [1.82, 2.24) is 5.32 Å². The highest BCUT2D eigenvalue weighted by atomic mass is 19.1. The smallest absolute Gasteiger partial charge is 0.320 e. The molecular formula is C13H17F2NO2. The summed E-state index contributed by atoms with van der Waals surface area (Å²) in [5.74, 6) is -2.57. The molecule has 18 heavy (non-hydrogen) atoms. The molecule has 0 aromatic heterocycles. The first-order chi connectivity index (χ1) is 8.34. The van der Waals surface area contributed by atoms with Crippen molar-refractivity contribution >= 4 is 5.97 Å². The zero-order valence-corrected chi connectivity index (χ0v) is 10.6. The lowest BCUT2D eigenvalue weighted by atomic mass is 10.0. The van der Waals surface area contributed by atoms with Gasteiger partial charge in [0, 0.05) is 11.6 Å². The summed E-state index contributed by atoms with van der Waals surface area (Å²) in [5, 5.41) is 11.8. The first-order valence-electron chi connectivity index (χ1n) is 5.77. The van der Waals surface area contributed by atoms with Gasteiger partial charge in [-0.2, -0.15) is 0 Å². The van der Waals surface area contributed by atoms with Gasteiger partial charge in [-0.25, -0.2) is 8.78 Å². The van der Waals surface area contributed by atoms with Crippen LogP contribution in [0.1, 0.15) is 32.4 Å². The Labute approximate surface area is 105 Å². The second-order valence-corrected chi connectivity index (χ2v) is 4.58. The van der Waals surface area contributed by atoms with E-state index in [1.165, 1.54) is 6.07 Å². The Bertz CT molecular complexity index is 415. The highest BCUT2D eigenvalue weighted by Gasteiger charge is 2.25. The molecule has 1 aromatic rings. The zero-order chi connectivity index (χ0) is 13.9. The average molecular weight is 257 g/mol. The number of carbonyl (C=O) groups is 1. The van der Waals surface area contributed by atoms with Gasteiger partial charge in [0.15, 0.2) is 0 Å². The van der Waals surface area contributed by atoms with Crippen LogP contribution in [0.2, 0.25) is 0 Å². The van der Waals surface area contributed by atoms with E-state index in [4.69, 9.17) is 5.11 Å². The van der Waals surface area contributed by atoms with E-state index >= 15 is 0 Å². The molecule has 2 atom stereocenters. The van der Waals surface area contributed by atoms with Crippen molar-refractivity contribution in [3.8, 4) is 0 Å². The third-order valence-corrected chi connectivity index (χ3v) is 2.79. The summed E-state index contributed by atoms with van der Waals surface area (Å²) >= 11 is 0. The molecule has 0 radical (unpaired) electrons. The molecule has 0 fully saturated rings. The molecular weight excluding hydrogens is 240 g/mol. The monoisotopic (exact) mass is 257 g/mol. The van der Waals surface area contributed by atoms with Crippen LogP contribution in [-0.2, 0) is 4.79 Å². The van der Waals surface area contributed by atoms with E-state index in [1.54, 1.807) is 20.8 Å². The van der Waals surface area contributed by atoms with Crippen LogP contribution in [0.4, 0.5) is 8.78 Å². The van der Waals surface area contributed by atoms with E-state index in [9.17, 15) is 13.6 Å². The number of hydrogen-bond acceptors (Lipinski definition) is 2. The summed E-state index contributed by atoms with van der Waals surface area (Å²) in [5.41, 5.74) is -0.135. The highest BCUT2D eigenvalue weighted by Crippen LogP contribution is 2.21. The van der Waals surface area contributed by atoms with E-state index in [0.717, 1.165) is 12.1 Å². The number of carboxylic acid groups (broad SMARTS) is 1. The second kappa shape index (κ2) is 5.91. The number of rotatable bonds is 5. The molecule has 1 aromatic carbocycles. The molecule has 0 aliphatic rings. The molecule has 0 amide bonds. The fraction of sp³-hybridized carbons (Fsp3) is 0.462. The number of hydrogen-bond donors (Lipinski definition) is 2. The van der Waals surface area contributed by atoms with Crippen molar-refractivity contribution in [1.29, 1.82) is 0 Å². The number of benzene rings is 1. The number of halogens is 2. The Morgan fingerprint density at radius 3 is 2.11 bits per heavy atom. The van der Waals surface area contributed by atoms with Gasteiger partial charge in [-0.3, -0.25) is 10.1 Å². The van der Waals surface area contributed by atoms with Gasteiger partial charge in [0.1, 0.15) is 17.7 Å². The molecule has 3 nitrogen and oxygen atoms in total. The van der Waals surface area contributed by atoms with Crippen LogP contribution in [0.3, 0.4) is 0 Å². The van der Waals surface area contributed by atoms with Crippen LogP contribution in [0.25, 0.3) is 0 Å². The van der Waals surface area contributed by atoms with Gasteiger partial charge < -0.3 is 5.11 Å². The van der Waals surface area contributed by atoms with Gasteiger partial charge >= 0.3 is 5.97 Å². The Kier molecular flexibility index (Phi) is 4.78. The van der Waals surface area contributed by atoms with Crippen molar-refractivity contribution in [3.63, 3.8) is 0 Å². The van der Waals surface area contributed by atoms with Crippen molar-refractivity contribution < 1.29 is 18.7 Å². The van der Waals surface area contributed by atoms with Gasteiger partial charge in [0.05, 0.1) is 0 Å². The predicted octanol–water partition coefficient (Wildman–Crippen LogP) is 2.72. The summed E-state index contributed by atoms with van der Waals surface area (Å²) in [7, 11) is 0. The molecule has 0 aliphatic carbocycles. The lowest BCUT2D eigenvalue weighted by Crippen LogP contribution is -2.42. The standard InChI is InChI=1S/C13H17F2NO2/c1-7(2)12(13(17)18)16-8(3)11-9(14)5-4-6-10(11)15/h4-8,12,16H,1-3H3,(H,17,18). The molecule has 0 heterocycles. The summed E-state index contributed by atoms with van der Waals surface area (Å²) in [6, 6.07) is 2.02. The van der Waals surface area contributed by atoms with E-state index < -0.39 is 29.7 Å². The molecule has 0 spiro atoms. The number of nitrogens with one attached hydrogen (secondary N) is 1. The summed E-state index contributed by atoms with van der Waals surface area (Å²) in [6.45, 7) is 5.01. The third-order valence-electron chi connectivity index (χ3n) is 2.79. The second-order valence-electron chi connectivity index (χ2n) is 4.58. The number of aliphatic carboxylic acids is 1. The van der Waals surface area contributed by atoms with Crippen LogP contribution in [-0.4, -0.2) is 17.1 Å². The van der Waals surface area contributed by atoms with E-state index in [0.29, 0.717) is 0 Å². The van der Waals surface area contributed by atoms with Crippen LogP contribution < -0.4 is 5.32 Å². The molecule has 0 aliphatic heterocycles. The highest BCUT2D eigenvalue weighted by molar-refractivity contribution is 5.73. The molecule has 100 valence electrons. The minimum Gasteiger partial charge on any atom is -0.480 e. The molecule has 2 N–H and O–H groups in total. The fourth-order valence-corrected chi connectivity index (χ4v) is 1.83. The molecule has 0 saturated carbocycles. The van der Waals surface area contributed by atoms with Gasteiger partial charge in [-0.15, -0.1) is 0 Å². The van der Waals surface area contributed by atoms with Crippen LogP contribution >= 0.6 is 0 Å². The Balaban J connectivity index is 2.94. The first-order valence-corrected chi connectivity index (χ1v) is 5.77. The van der Waals surface area contributed by atoms with Crippen molar-refractivity contribution in [2.75, 3.05) is 0 Å². The van der Waals surface area contributed by atoms with Crippen molar-refractivity contribution in [3.05, 3.63) is 35.4 Å². The SMILES string of the molecule is CC(NC(C(=O)O)C(C)C)c1c(F)cccc1F. The van der Waals surface area contributed by atoms with E-state index in [2.05, 4.69) is 5.32 Å². The normalized spacial score (nSPS) is 14.6. The van der Waals surface area contributed by atoms with Crippen LogP contribution in [0.15, 0.2) is 18.2 Å². The molecule has 5 heteroatoms. The van der Waals surface area contributed by atoms with Crippen molar-refractivity contribution in [2.45, 2.75) is 32.9 Å². The minimum absolute atomic E-state index is 0.135. The zero-order valence-electron chi connectivity index (χ0n) is 10.6. The van der Waals surface area contributed by atoms with Gasteiger partial charge in [0.25, 0.3) is 0 Å². The number of carboxylic acids is 1. The lowest BCUT2D eigenvalue weighted by molar-refractivity contribution is -0.140. The summed E-state index contributed by atoms with van der Waals surface area (Å²) in [6.07, 6.45) is 0. The van der Waals surface area contributed by atoms with E-state index in [1.807, 2.05) is 0 Å². The van der Waals surface area contributed by atoms with Crippen LogP contribution in [0, 0.1) is 17.6 Å². The Morgan fingerprint density at radius 2 is 1.72 bits per heavy atom. The minimum atomic E-state index is -1.03. The maximum absolute atomic E-state index is 13.5. The molecule has 1 rings (SSSR count).